The number of amides is 2. The summed E-state index contributed by atoms with van der Waals surface area (Å²) < 4.78 is 5.51. The fraction of sp³-hybridized carbons (Fsp3) is 0.346. The van der Waals surface area contributed by atoms with Crippen LogP contribution in [-0.2, 0) is 9.53 Å². The van der Waals surface area contributed by atoms with E-state index in [0.717, 1.165) is 43.4 Å². The van der Waals surface area contributed by atoms with Crippen molar-refractivity contribution in [3.05, 3.63) is 83.9 Å². The summed E-state index contributed by atoms with van der Waals surface area (Å²) in [5.41, 5.74) is 1.19. The van der Waals surface area contributed by atoms with Gasteiger partial charge < -0.3 is 4.74 Å². The summed E-state index contributed by atoms with van der Waals surface area (Å²) in [4.78, 5) is 39.9. The zero-order valence-electron chi connectivity index (χ0n) is 17.8. The number of benzene rings is 2. The van der Waals surface area contributed by atoms with Gasteiger partial charge in [0.1, 0.15) is 0 Å². The van der Waals surface area contributed by atoms with Crippen LogP contribution in [0.2, 0.25) is 0 Å². The van der Waals surface area contributed by atoms with E-state index in [0.29, 0.717) is 16.7 Å². The molecule has 0 saturated heterocycles. The van der Waals surface area contributed by atoms with Gasteiger partial charge in [0.2, 0.25) is 0 Å². The number of rotatable bonds is 12. The molecule has 0 spiro atoms. The van der Waals surface area contributed by atoms with Crippen LogP contribution in [0.3, 0.4) is 0 Å². The number of esters is 1. The van der Waals surface area contributed by atoms with Crippen molar-refractivity contribution in [2.24, 2.45) is 0 Å². The molecule has 5 nitrogen and oxygen atoms in total. The van der Waals surface area contributed by atoms with Gasteiger partial charge in [0.05, 0.1) is 17.7 Å². The van der Waals surface area contributed by atoms with Gasteiger partial charge in [0.25, 0.3) is 11.8 Å². The second-order valence-corrected chi connectivity index (χ2v) is 7.71. The van der Waals surface area contributed by atoms with Crippen LogP contribution < -0.4 is 0 Å². The molecule has 0 fully saturated rings. The maximum absolute atomic E-state index is 13.0. The summed E-state index contributed by atoms with van der Waals surface area (Å²) in [5, 5.41) is 0. The van der Waals surface area contributed by atoms with Crippen LogP contribution in [0, 0.1) is 0 Å². The maximum atomic E-state index is 13.0. The summed E-state index contributed by atoms with van der Waals surface area (Å²) in [5.74, 6) is -1.51. The van der Waals surface area contributed by atoms with Gasteiger partial charge in [-0.1, -0.05) is 74.2 Å². The lowest BCUT2D eigenvalue weighted by Crippen LogP contribution is -2.39. The Balaban J connectivity index is 1.62. The van der Waals surface area contributed by atoms with Gasteiger partial charge in [-0.2, -0.15) is 0 Å². The monoisotopic (exact) mass is 419 g/mol. The Morgan fingerprint density at radius 3 is 2.00 bits per heavy atom. The fourth-order valence-corrected chi connectivity index (χ4v) is 3.82. The fourth-order valence-electron chi connectivity index (χ4n) is 3.82. The van der Waals surface area contributed by atoms with Crippen LogP contribution in [-0.4, -0.2) is 29.3 Å². The number of carbonyl (C=O) groups excluding carboxylic acids is 3. The number of nitrogens with zero attached hydrogens (tertiary/aromatic N) is 1. The molecular weight excluding hydrogens is 390 g/mol. The molecule has 0 aromatic heterocycles. The second-order valence-electron chi connectivity index (χ2n) is 7.71. The normalized spacial score (nSPS) is 13.7. The Morgan fingerprint density at radius 1 is 0.839 bits per heavy atom. The Kier molecular flexibility index (Phi) is 8.16. The molecule has 0 N–H and O–H groups in total. The van der Waals surface area contributed by atoms with Crippen LogP contribution in [0.5, 0.6) is 0 Å². The molecule has 2 amide bonds. The molecule has 0 bridgehead atoms. The van der Waals surface area contributed by atoms with Gasteiger partial charge in [0, 0.05) is 0 Å². The lowest BCUT2D eigenvalue weighted by molar-refractivity contribution is -0.148. The number of allylic oxidation sites excluding steroid dienone is 1. The van der Waals surface area contributed by atoms with Gasteiger partial charge in [-0.3, -0.25) is 14.5 Å². The van der Waals surface area contributed by atoms with Crippen molar-refractivity contribution in [1.82, 2.24) is 4.90 Å². The maximum Gasteiger partial charge on any atom is 0.334 e. The van der Waals surface area contributed by atoms with E-state index in [1.165, 1.54) is 6.42 Å². The first-order valence-electron chi connectivity index (χ1n) is 10.9. The van der Waals surface area contributed by atoms with E-state index >= 15 is 0 Å². The van der Waals surface area contributed by atoms with E-state index in [9.17, 15) is 14.4 Å². The SMILES string of the molecule is C=CCCCCCCCCOC(=O)[C@H](c1ccccc1)N1C(=O)c2ccccc2C1=O. The molecule has 2 aromatic carbocycles. The number of ether oxygens (including phenoxy) is 1. The minimum atomic E-state index is -1.09. The summed E-state index contributed by atoms with van der Waals surface area (Å²) in [6.07, 6.45) is 9.33. The van der Waals surface area contributed by atoms with Crippen LogP contribution in [0.15, 0.2) is 67.3 Å². The molecule has 1 atom stereocenters. The number of fused-ring (bicyclic) bond motifs is 1. The quantitative estimate of drug-likeness (QED) is 0.198. The van der Waals surface area contributed by atoms with E-state index in [-0.39, 0.29) is 6.61 Å². The van der Waals surface area contributed by atoms with Gasteiger partial charge in [0.15, 0.2) is 6.04 Å². The summed E-state index contributed by atoms with van der Waals surface area (Å²) in [6, 6.07) is 14.4. The van der Waals surface area contributed by atoms with Gasteiger partial charge in [-0.15, -0.1) is 6.58 Å². The molecule has 162 valence electrons. The van der Waals surface area contributed by atoms with E-state index in [2.05, 4.69) is 6.58 Å². The highest BCUT2D eigenvalue weighted by atomic mass is 16.5. The van der Waals surface area contributed by atoms with Crippen molar-refractivity contribution >= 4 is 17.8 Å². The molecule has 1 aliphatic heterocycles. The molecule has 0 aliphatic carbocycles. The average Bonchev–Trinajstić information content (AvgIpc) is 3.04. The van der Waals surface area contributed by atoms with Crippen molar-refractivity contribution in [3.8, 4) is 0 Å². The minimum Gasteiger partial charge on any atom is -0.464 e. The largest absolute Gasteiger partial charge is 0.464 e. The standard InChI is InChI=1S/C26H29NO4/c1-2-3-4-5-6-7-8-14-19-31-26(30)23(20-15-10-9-11-16-20)27-24(28)21-17-12-13-18-22(21)25(27)29/h2,9-13,15-18,23H,1,3-8,14,19H2/t23-/m0/s1. The van der Waals surface area contributed by atoms with Crippen molar-refractivity contribution < 1.29 is 19.1 Å². The van der Waals surface area contributed by atoms with Gasteiger partial charge >= 0.3 is 5.97 Å². The Hall–Kier alpha value is -3.21. The average molecular weight is 420 g/mol. The third-order valence-electron chi connectivity index (χ3n) is 5.47. The number of carbonyl (C=O) groups is 3. The second kappa shape index (κ2) is 11.3. The predicted octanol–water partition coefficient (Wildman–Crippen LogP) is 5.48. The zero-order chi connectivity index (χ0) is 22.1. The smallest absolute Gasteiger partial charge is 0.334 e. The first-order chi connectivity index (χ1) is 15.1. The molecule has 0 saturated carbocycles. The van der Waals surface area contributed by atoms with Crippen LogP contribution in [0.4, 0.5) is 0 Å². The van der Waals surface area contributed by atoms with E-state index in [1.54, 1.807) is 48.5 Å². The van der Waals surface area contributed by atoms with Crippen molar-refractivity contribution in [3.63, 3.8) is 0 Å². The molecule has 31 heavy (non-hydrogen) atoms. The highest BCUT2D eigenvalue weighted by Crippen LogP contribution is 2.32. The Morgan fingerprint density at radius 2 is 1.39 bits per heavy atom. The third kappa shape index (κ3) is 5.48. The summed E-state index contributed by atoms with van der Waals surface area (Å²) in [6.45, 7) is 4.00. The summed E-state index contributed by atoms with van der Waals surface area (Å²) in [7, 11) is 0. The number of hydrogen-bond donors (Lipinski definition) is 0. The number of hydrogen-bond acceptors (Lipinski definition) is 4. The highest BCUT2D eigenvalue weighted by Gasteiger charge is 2.44. The molecule has 5 heteroatoms. The van der Waals surface area contributed by atoms with Crippen LogP contribution in [0.25, 0.3) is 0 Å². The number of unbranched alkanes of at least 4 members (excludes halogenated alkanes) is 6. The number of imide groups is 1. The minimum absolute atomic E-state index is 0.276. The van der Waals surface area contributed by atoms with Crippen LogP contribution in [0.1, 0.15) is 77.3 Å². The highest BCUT2D eigenvalue weighted by molar-refractivity contribution is 6.22. The van der Waals surface area contributed by atoms with Crippen molar-refractivity contribution in [1.29, 1.82) is 0 Å². The molecule has 0 unspecified atom stereocenters. The first kappa shape index (κ1) is 22.5. The molecule has 2 aromatic rings. The molecule has 0 radical (unpaired) electrons. The molecular formula is C26H29NO4. The van der Waals surface area contributed by atoms with Crippen molar-refractivity contribution in [2.45, 2.75) is 51.0 Å². The van der Waals surface area contributed by atoms with Crippen molar-refractivity contribution in [2.75, 3.05) is 6.61 Å². The Bertz CT molecular complexity index is 887. The molecule has 1 heterocycles. The van der Waals surface area contributed by atoms with Crippen LogP contribution >= 0.6 is 0 Å². The van der Waals surface area contributed by atoms with E-state index < -0.39 is 23.8 Å². The zero-order valence-corrected chi connectivity index (χ0v) is 17.8. The predicted molar refractivity (Wildman–Crippen MR) is 120 cm³/mol. The lowest BCUT2D eigenvalue weighted by Gasteiger charge is -2.25. The van der Waals surface area contributed by atoms with E-state index in [4.69, 9.17) is 4.74 Å². The first-order valence-corrected chi connectivity index (χ1v) is 10.9. The Labute approximate surface area is 183 Å². The van der Waals surface area contributed by atoms with E-state index in [1.807, 2.05) is 12.1 Å². The summed E-state index contributed by atoms with van der Waals surface area (Å²) >= 11 is 0. The molecule has 3 rings (SSSR count). The third-order valence-corrected chi connectivity index (χ3v) is 5.47. The van der Waals surface area contributed by atoms with Gasteiger partial charge in [-0.05, 0) is 37.0 Å². The molecule has 1 aliphatic rings. The topological polar surface area (TPSA) is 63.7 Å². The van der Waals surface area contributed by atoms with Gasteiger partial charge in [-0.25, -0.2) is 4.79 Å². The lowest BCUT2D eigenvalue weighted by atomic mass is 10.1.